The Hall–Kier alpha value is -0.700. The van der Waals surface area contributed by atoms with Crippen molar-refractivity contribution in [1.29, 1.82) is 0 Å². The highest BCUT2D eigenvalue weighted by atomic mass is 32.1. The Balaban J connectivity index is 2.57. The molecule has 60 valence electrons. The summed E-state index contributed by atoms with van der Waals surface area (Å²) in [7, 11) is 0. The lowest BCUT2D eigenvalue weighted by atomic mass is 10.3. The minimum atomic E-state index is 0.721. The van der Waals surface area contributed by atoms with Gasteiger partial charge in [0.15, 0.2) is 0 Å². The smallest absolute Gasteiger partial charge is 0.0624 e. The third-order valence-electron chi connectivity index (χ3n) is 1.38. The van der Waals surface area contributed by atoms with Crippen LogP contribution in [0.3, 0.4) is 0 Å². The standard InChI is InChI=1S/C8H12N2S/c1-7(6-11)5-10-4-3-8(2)9-10/h3-4,11H,1,5-6H2,2H3. The summed E-state index contributed by atoms with van der Waals surface area (Å²) in [6, 6.07) is 1.98. The third kappa shape index (κ3) is 2.42. The lowest BCUT2D eigenvalue weighted by Crippen LogP contribution is -2.01. The van der Waals surface area contributed by atoms with Gasteiger partial charge in [0, 0.05) is 11.9 Å². The van der Waals surface area contributed by atoms with Crippen LogP contribution in [0.4, 0.5) is 0 Å². The van der Waals surface area contributed by atoms with Gasteiger partial charge in [0.1, 0.15) is 0 Å². The van der Waals surface area contributed by atoms with Crippen molar-refractivity contribution in [3.8, 4) is 0 Å². The molecule has 1 aromatic heterocycles. The third-order valence-corrected chi connectivity index (χ3v) is 1.83. The summed E-state index contributed by atoms with van der Waals surface area (Å²) < 4.78 is 1.87. The molecule has 3 heteroatoms. The molecule has 0 bridgehead atoms. The van der Waals surface area contributed by atoms with Crippen LogP contribution in [0.2, 0.25) is 0 Å². The molecule has 0 N–H and O–H groups in total. The van der Waals surface area contributed by atoms with Crippen molar-refractivity contribution in [2.24, 2.45) is 0 Å². The molecule has 0 aliphatic heterocycles. The van der Waals surface area contributed by atoms with Gasteiger partial charge >= 0.3 is 0 Å². The largest absolute Gasteiger partial charge is 0.268 e. The Bertz CT molecular complexity index is 252. The molecule has 0 aromatic carbocycles. The zero-order chi connectivity index (χ0) is 8.27. The van der Waals surface area contributed by atoms with Gasteiger partial charge in [-0.25, -0.2) is 0 Å². The van der Waals surface area contributed by atoms with Crippen LogP contribution in [0.5, 0.6) is 0 Å². The summed E-state index contributed by atoms with van der Waals surface area (Å²) in [5.74, 6) is 0.721. The average molecular weight is 168 g/mol. The van der Waals surface area contributed by atoms with Gasteiger partial charge < -0.3 is 0 Å². The fraction of sp³-hybridized carbons (Fsp3) is 0.375. The maximum absolute atomic E-state index is 4.22. The fourth-order valence-electron chi connectivity index (χ4n) is 0.830. The van der Waals surface area contributed by atoms with Crippen molar-refractivity contribution in [3.05, 3.63) is 30.1 Å². The first-order valence-electron chi connectivity index (χ1n) is 3.50. The Morgan fingerprint density at radius 1 is 1.82 bits per heavy atom. The van der Waals surface area contributed by atoms with E-state index in [1.807, 2.05) is 23.9 Å². The van der Waals surface area contributed by atoms with E-state index in [1.54, 1.807) is 0 Å². The topological polar surface area (TPSA) is 17.8 Å². The molecule has 11 heavy (non-hydrogen) atoms. The van der Waals surface area contributed by atoms with Crippen molar-refractivity contribution in [3.63, 3.8) is 0 Å². The zero-order valence-corrected chi connectivity index (χ0v) is 7.51. The lowest BCUT2D eigenvalue weighted by molar-refractivity contribution is 0.673. The molecule has 0 spiro atoms. The Morgan fingerprint density at radius 2 is 2.55 bits per heavy atom. The first-order valence-corrected chi connectivity index (χ1v) is 4.13. The Labute approximate surface area is 72.3 Å². The summed E-state index contributed by atoms with van der Waals surface area (Å²) >= 11 is 4.11. The van der Waals surface area contributed by atoms with Crippen LogP contribution in [0.15, 0.2) is 24.4 Å². The summed E-state index contributed by atoms with van der Waals surface area (Å²) in [5, 5.41) is 4.22. The molecule has 0 aliphatic rings. The van der Waals surface area contributed by atoms with Crippen molar-refractivity contribution in [2.45, 2.75) is 13.5 Å². The Morgan fingerprint density at radius 3 is 3.00 bits per heavy atom. The molecular weight excluding hydrogens is 156 g/mol. The molecule has 0 saturated carbocycles. The number of aromatic nitrogens is 2. The van der Waals surface area contributed by atoms with E-state index in [4.69, 9.17) is 0 Å². The summed E-state index contributed by atoms with van der Waals surface area (Å²) in [5.41, 5.74) is 2.12. The van der Waals surface area contributed by atoms with Crippen LogP contribution in [0, 0.1) is 6.92 Å². The summed E-state index contributed by atoms with van der Waals surface area (Å²) in [6.45, 7) is 6.59. The van der Waals surface area contributed by atoms with Gasteiger partial charge in [-0.3, -0.25) is 4.68 Å². The number of nitrogens with zero attached hydrogens (tertiary/aromatic N) is 2. The second kappa shape index (κ2) is 3.62. The molecule has 0 atom stereocenters. The Kier molecular flexibility index (Phi) is 2.76. The van der Waals surface area contributed by atoms with Crippen molar-refractivity contribution in [1.82, 2.24) is 9.78 Å². The van der Waals surface area contributed by atoms with E-state index in [0.29, 0.717) is 0 Å². The van der Waals surface area contributed by atoms with E-state index in [1.165, 1.54) is 0 Å². The van der Waals surface area contributed by atoms with E-state index in [9.17, 15) is 0 Å². The summed E-state index contributed by atoms with van der Waals surface area (Å²) in [6.07, 6.45) is 1.95. The van der Waals surface area contributed by atoms with E-state index in [0.717, 1.165) is 23.6 Å². The van der Waals surface area contributed by atoms with Gasteiger partial charge in [-0.2, -0.15) is 17.7 Å². The van der Waals surface area contributed by atoms with Crippen molar-refractivity contribution < 1.29 is 0 Å². The number of rotatable bonds is 3. The highest BCUT2D eigenvalue weighted by molar-refractivity contribution is 7.80. The monoisotopic (exact) mass is 168 g/mol. The van der Waals surface area contributed by atoms with E-state index in [-0.39, 0.29) is 0 Å². The normalized spacial score (nSPS) is 10.0. The van der Waals surface area contributed by atoms with Crippen LogP contribution in [0.25, 0.3) is 0 Å². The highest BCUT2D eigenvalue weighted by Crippen LogP contribution is 1.99. The maximum Gasteiger partial charge on any atom is 0.0624 e. The van der Waals surface area contributed by atoms with E-state index in [2.05, 4.69) is 24.3 Å². The van der Waals surface area contributed by atoms with Gasteiger partial charge in [-0.1, -0.05) is 6.58 Å². The molecule has 0 radical (unpaired) electrons. The van der Waals surface area contributed by atoms with Crippen LogP contribution in [-0.2, 0) is 6.54 Å². The van der Waals surface area contributed by atoms with Crippen LogP contribution < -0.4 is 0 Å². The van der Waals surface area contributed by atoms with Gasteiger partial charge in [-0.05, 0) is 18.6 Å². The molecule has 0 unspecified atom stereocenters. The maximum atomic E-state index is 4.22. The predicted octanol–water partition coefficient (Wildman–Crippen LogP) is 1.68. The molecule has 0 saturated heterocycles. The van der Waals surface area contributed by atoms with Crippen LogP contribution in [-0.4, -0.2) is 15.5 Å². The first-order chi connectivity index (χ1) is 5.22. The van der Waals surface area contributed by atoms with Crippen LogP contribution in [0.1, 0.15) is 5.69 Å². The second-order valence-corrected chi connectivity index (χ2v) is 2.88. The SMILES string of the molecule is C=C(CS)Cn1ccc(C)n1. The fourth-order valence-corrected chi connectivity index (χ4v) is 0.930. The van der Waals surface area contributed by atoms with Crippen LogP contribution >= 0.6 is 12.6 Å². The zero-order valence-electron chi connectivity index (χ0n) is 6.62. The molecule has 0 fully saturated rings. The summed E-state index contributed by atoms with van der Waals surface area (Å²) in [4.78, 5) is 0. The van der Waals surface area contributed by atoms with Gasteiger partial charge in [0.25, 0.3) is 0 Å². The second-order valence-electron chi connectivity index (χ2n) is 2.56. The van der Waals surface area contributed by atoms with Crippen molar-refractivity contribution >= 4 is 12.6 Å². The minimum Gasteiger partial charge on any atom is -0.268 e. The minimum absolute atomic E-state index is 0.721. The first kappa shape index (κ1) is 8.40. The van der Waals surface area contributed by atoms with Gasteiger partial charge in [0.05, 0.1) is 12.2 Å². The lowest BCUT2D eigenvalue weighted by Gasteiger charge is -2.00. The average Bonchev–Trinajstić information content (AvgIpc) is 2.35. The molecule has 1 aromatic rings. The molecule has 1 heterocycles. The highest BCUT2D eigenvalue weighted by Gasteiger charge is 1.94. The van der Waals surface area contributed by atoms with E-state index < -0.39 is 0 Å². The number of hydrogen-bond donors (Lipinski definition) is 1. The molecule has 1 rings (SSSR count). The van der Waals surface area contributed by atoms with Gasteiger partial charge in [0.2, 0.25) is 0 Å². The molecule has 0 amide bonds. The molecule has 2 nitrogen and oxygen atoms in total. The number of aryl methyl sites for hydroxylation is 1. The van der Waals surface area contributed by atoms with Crippen molar-refractivity contribution in [2.75, 3.05) is 5.75 Å². The number of hydrogen-bond acceptors (Lipinski definition) is 2. The van der Waals surface area contributed by atoms with Gasteiger partial charge in [-0.15, -0.1) is 0 Å². The van der Waals surface area contributed by atoms with E-state index >= 15 is 0 Å². The predicted molar refractivity (Wildman–Crippen MR) is 50.0 cm³/mol. The molecule has 0 aliphatic carbocycles. The number of thiol groups is 1. The quantitative estimate of drug-likeness (QED) is 0.537. The molecular formula is C8H12N2S.